The van der Waals surface area contributed by atoms with Crippen molar-refractivity contribution in [1.29, 1.82) is 0 Å². The molecule has 0 radical (unpaired) electrons. The maximum absolute atomic E-state index is 3.67. The molecule has 0 aliphatic heterocycles. The van der Waals surface area contributed by atoms with E-state index in [0.29, 0.717) is 5.41 Å². The lowest BCUT2D eigenvalue weighted by Crippen LogP contribution is -2.12. The van der Waals surface area contributed by atoms with Crippen molar-refractivity contribution in [2.45, 2.75) is 47.0 Å². The topological polar surface area (TPSA) is 0 Å². The van der Waals surface area contributed by atoms with Crippen molar-refractivity contribution in [3.05, 3.63) is 35.4 Å². The van der Waals surface area contributed by atoms with Gasteiger partial charge in [0, 0.05) is 5.33 Å². The molecule has 0 aliphatic rings. The highest BCUT2D eigenvalue weighted by molar-refractivity contribution is 9.09. The van der Waals surface area contributed by atoms with Gasteiger partial charge in [-0.1, -0.05) is 61.0 Å². The Balaban J connectivity index is 2.56. The first-order chi connectivity index (χ1) is 7.92. The molecule has 0 N–H and O–H groups in total. The second-order valence-electron chi connectivity index (χ2n) is 6.25. The van der Waals surface area contributed by atoms with E-state index < -0.39 is 0 Å². The standard InChI is InChI=1S/C16H25Br/c1-13-7-5-6-8-15(13)11-14(12-17)9-10-16(2,3)4/h5-8,14H,9-12H2,1-4H3. The lowest BCUT2D eigenvalue weighted by molar-refractivity contribution is 0.332. The minimum absolute atomic E-state index is 0.451. The fourth-order valence-corrected chi connectivity index (χ4v) is 2.57. The third-order valence-corrected chi connectivity index (χ3v) is 4.21. The Hall–Kier alpha value is -0.300. The van der Waals surface area contributed by atoms with E-state index in [1.54, 1.807) is 0 Å². The zero-order chi connectivity index (χ0) is 12.9. The molecule has 96 valence electrons. The van der Waals surface area contributed by atoms with E-state index in [9.17, 15) is 0 Å². The maximum Gasteiger partial charge on any atom is 0.00628 e. The molecule has 0 saturated carbocycles. The van der Waals surface area contributed by atoms with Gasteiger partial charge in [-0.05, 0) is 48.6 Å². The van der Waals surface area contributed by atoms with Crippen LogP contribution >= 0.6 is 15.9 Å². The summed E-state index contributed by atoms with van der Waals surface area (Å²) < 4.78 is 0. The second-order valence-corrected chi connectivity index (χ2v) is 6.90. The van der Waals surface area contributed by atoms with Crippen LogP contribution in [0, 0.1) is 18.3 Å². The highest BCUT2D eigenvalue weighted by Crippen LogP contribution is 2.26. The van der Waals surface area contributed by atoms with E-state index in [1.165, 1.54) is 30.4 Å². The van der Waals surface area contributed by atoms with Gasteiger partial charge in [-0.3, -0.25) is 0 Å². The van der Waals surface area contributed by atoms with Gasteiger partial charge in [0.05, 0.1) is 0 Å². The maximum atomic E-state index is 3.67. The van der Waals surface area contributed by atoms with Gasteiger partial charge in [0.1, 0.15) is 0 Å². The zero-order valence-electron chi connectivity index (χ0n) is 11.6. The first-order valence-corrected chi connectivity index (χ1v) is 7.65. The Kier molecular flexibility index (Phi) is 5.72. The van der Waals surface area contributed by atoms with Crippen LogP contribution in [0.3, 0.4) is 0 Å². The predicted molar refractivity (Wildman–Crippen MR) is 80.9 cm³/mol. The Labute approximate surface area is 115 Å². The number of rotatable bonds is 5. The predicted octanol–water partition coefficient (Wildman–Crippen LogP) is 5.37. The molecule has 17 heavy (non-hydrogen) atoms. The van der Waals surface area contributed by atoms with E-state index in [4.69, 9.17) is 0 Å². The monoisotopic (exact) mass is 296 g/mol. The normalized spacial score (nSPS) is 13.7. The molecule has 0 nitrogen and oxygen atoms in total. The molecule has 0 saturated heterocycles. The van der Waals surface area contributed by atoms with Gasteiger partial charge >= 0.3 is 0 Å². The number of alkyl halides is 1. The molecule has 0 aliphatic carbocycles. The molecular weight excluding hydrogens is 272 g/mol. The van der Waals surface area contributed by atoms with Gasteiger partial charge in [-0.15, -0.1) is 0 Å². The summed E-state index contributed by atoms with van der Waals surface area (Å²) in [5, 5.41) is 1.11. The van der Waals surface area contributed by atoms with E-state index in [1.807, 2.05) is 0 Å². The van der Waals surface area contributed by atoms with Gasteiger partial charge in [0.2, 0.25) is 0 Å². The molecule has 0 bridgehead atoms. The largest absolute Gasteiger partial charge is 0.0925 e. The number of benzene rings is 1. The molecule has 0 heterocycles. The number of aryl methyl sites for hydroxylation is 1. The minimum Gasteiger partial charge on any atom is -0.0925 e. The zero-order valence-corrected chi connectivity index (χ0v) is 13.2. The average molecular weight is 297 g/mol. The summed E-state index contributed by atoms with van der Waals surface area (Å²) in [4.78, 5) is 0. The van der Waals surface area contributed by atoms with Crippen molar-refractivity contribution >= 4 is 15.9 Å². The van der Waals surface area contributed by atoms with Crippen molar-refractivity contribution in [2.75, 3.05) is 5.33 Å². The summed E-state index contributed by atoms with van der Waals surface area (Å²) in [6.07, 6.45) is 3.81. The van der Waals surface area contributed by atoms with Gasteiger partial charge in [-0.2, -0.15) is 0 Å². The van der Waals surface area contributed by atoms with Gasteiger partial charge in [0.25, 0.3) is 0 Å². The Morgan fingerprint density at radius 3 is 2.35 bits per heavy atom. The number of hydrogen-bond acceptors (Lipinski definition) is 0. The molecule has 1 aromatic rings. The van der Waals surface area contributed by atoms with Crippen LogP contribution < -0.4 is 0 Å². The molecule has 0 fully saturated rings. The fraction of sp³-hybridized carbons (Fsp3) is 0.625. The lowest BCUT2D eigenvalue weighted by Gasteiger charge is -2.22. The first kappa shape index (κ1) is 14.8. The summed E-state index contributed by atoms with van der Waals surface area (Å²) in [6, 6.07) is 8.75. The van der Waals surface area contributed by atoms with E-state index in [-0.39, 0.29) is 0 Å². The van der Waals surface area contributed by atoms with Crippen LogP contribution in [0.15, 0.2) is 24.3 Å². The van der Waals surface area contributed by atoms with Crippen molar-refractivity contribution in [2.24, 2.45) is 11.3 Å². The smallest absolute Gasteiger partial charge is 0.00628 e. The summed E-state index contributed by atoms with van der Waals surface area (Å²) in [7, 11) is 0. The van der Waals surface area contributed by atoms with Crippen molar-refractivity contribution in [3.8, 4) is 0 Å². The molecule has 0 spiro atoms. The quantitative estimate of drug-likeness (QED) is 0.640. The SMILES string of the molecule is Cc1ccccc1CC(CBr)CCC(C)(C)C. The number of halogens is 1. The molecule has 0 aromatic heterocycles. The van der Waals surface area contributed by atoms with Crippen LogP contribution in [0.2, 0.25) is 0 Å². The minimum atomic E-state index is 0.451. The highest BCUT2D eigenvalue weighted by Gasteiger charge is 2.15. The summed E-state index contributed by atoms with van der Waals surface area (Å²) in [6.45, 7) is 9.19. The van der Waals surface area contributed by atoms with Crippen molar-refractivity contribution in [3.63, 3.8) is 0 Å². The average Bonchev–Trinajstić information content (AvgIpc) is 2.25. The van der Waals surface area contributed by atoms with Crippen LogP contribution in [0.4, 0.5) is 0 Å². The van der Waals surface area contributed by atoms with Crippen LogP contribution in [0.25, 0.3) is 0 Å². The molecule has 1 rings (SSSR count). The molecular formula is C16H25Br. The highest BCUT2D eigenvalue weighted by atomic mass is 79.9. The van der Waals surface area contributed by atoms with E-state index in [0.717, 1.165) is 11.2 Å². The van der Waals surface area contributed by atoms with Crippen molar-refractivity contribution < 1.29 is 0 Å². The van der Waals surface area contributed by atoms with Crippen LogP contribution in [0.5, 0.6) is 0 Å². The molecule has 1 aromatic carbocycles. The van der Waals surface area contributed by atoms with Gasteiger partial charge < -0.3 is 0 Å². The lowest BCUT2D eigenvalue weighted by atomic mass is 9.85. The molecule has 1 heteroatoms. The van der Waals surface area contributed by atoms with E-state index >= 15 is 0 Å². The molecule has 0 amide bonds. The Morgan fingerprint density at radius 1 is 1.18 bits per heavy atom. The third kappa shape index (κ3) is 5.72. The summed E-state index contributed by atoms with van der Waals surface area (Å²) in [5.74, 6) is 0.760. The van der Waals surface area contributed by atoms with Gasteiger partial charge in [0.15, 0.2) is 0 Å². The van der Waals surface area contributed by atoms with Crippen molar-refractivity contribution in [1.82, 2.24) is 0 Å². The van der Waals surface area contributed by atoms with Gasteiger partial charge in [-0.25, -0.2) is 0 Å². The fourth-order valence-electron chi connectivity index (χ4n) is 2.02. The number of hydrogen-bond donors (Lipinski definition) is 0. The molecule has 1 atom stereocenters. The first-order valence-electron chi connectivity index (χ1n) is 6.53. The van der Waals surface area contributed by atoms with E-state index in [2.05, 4.69) is 67.9 Å². The van der Waals surface area contributed by atoms with Crippen LogP contribution in [0.1, 0.15) is 44.7 Å². The third-order valence-electron chi connectivity index (χ3n) is 3.29. The van der Waals surface area contributed by atoms with Crippen LogP contribution in [-0.4, -0.2) is 5.33 Å². The van der Waals surface area contributed by atoms with Crippen LogP contribution in [-0.2, 0) is 6.42 Å². The Bertz CT molecular complexity index is 336. The Morgan fingerprint density at radius 2 is 1.82 bits per heavy atom. The summed E-state index contributed by atoms with van der Waals surface area (Å²) in [5.41, 5.74) is 3.38. The second kappa shape index (κ2) is 6.58. The summed E-state index contributed by atoms with van der Waals surface area (Å²) >= 11 is 3.67. The molecule has 1 unspecified atom stereocenters.